The Balaban J connectivity index is 1.86. The highest BCUT2D eigenvalue weighted by molar-refractivity contribution is 5.83. The molecule has 0 aromatic heterocycles. The maximum absolute atomic E-state index is 3.63. The molecule has 2 heteroatoms. The lowest BCUT2D eigenvalue weighted by atomic mass is 10.0. The van der Waals surface area contributed by atoms with Crippen molar-refractivity contribution in [2.45, 2.75) is 39.3 Å². The van der Waals surface area contributed by atoms with Crippen LogP contribution in [0.15, 0.2) is 42.5 Å². The number of nitrogens with zero attached hydrogens (tertiary/aromatic N) is 1. The van der Waals surface area contributed by atoms with Crippen LogP contribution in [-0.2, 0) is 0 Å². The van der Waals surface area contributed by atoms with Crippen LogP contribution >= 0.6 is 0 Å². The first-order chi connectivity index (χ1) is 10.1. The van der Waals surface area contributed by atoms with Crippen molar-refractivity contribution in [1.29, 1.82) is 0 Å². The molecule has 1 unspecified atom stereocenters. The first kappa shape index (κ1) is 16.0. The van der Waals surface area contributed by atoms with Crippen LogP contribution in [0.25, 0.3) is 10.8 Å². The van der Waals surface area contributed by atoms with Gasteiger partial charge in [0.05, 0.1) is 0 Å². The number of benzene rings is 2. The van der Waals surface area contributed by atoms with Crippen molar-refractivity contribution >= 4 is 10.8 Å². The summed E-state index contributed by atoms with van der Waals surface area (Å²) in [7, 11) is 2.19. The third-order valence-corrected chi connectivity index (χ3v) is 4.29. The van der Waals surface area contributed by atoms with E-state index in [1.807, 2.05) is 0 Å². The molecule has 2 aromatic rings. The van der Waals surface area contributed by atoms with Crippen LogP contribution in [0.5, 0.6) is 0 Å². The number of nitrogens with one attached hydrogen (secondary N) is 1. The Morgan fingerprint density at radius 3 is 2.43 bits per heavy atom. The van der Waals surface area contributed by atoms with E-state index in [0.29, 0.717) is 12.1 Å². The van der Waals surface area contributed by atoms with Gasteiger partial charge in [-0.25, -0.2) is 0 Å². The molecule has 0 heterocycles. The Labute approximate surface area is 129 Å². The van der Waals surface area contributed by atoms with Crippen molar-refractivity contribution in [2.75, 3.05) is 20.1 Å². The Kier molecular flexibility index (Phi) is 5.77. The van der Waals surface area contributed by atoms with Gasteiger partial charge in [-0.15, -0.1) is 0 Å². The van der Waals surface area contributed by atoms with Gasteiger partial charge in [-0.2, -0.15) is 0 Å². The second-order valence-corrected chi connectivity index (χ2v) is 6.21. The quantitative estimate of drug-likeness (QED) is 0.766. The van der Waals surface area contributed by atoms with Gasteiger partial charge in [0, 0.05) is 12.1 Å². The van der Waals surface area contributed by atoms with E-state index in [4.69, 9.17) is 0 Å². The molecule has 21 heavy (non-hydrogen) atoms. The fourth-order valence-electron chi connectivity index (χ4n) is 2.50. The highest BCUT2D eigenvalue weighted by atomic mass is 15.1. The number of hydrogen-bond acceptors (Lipinski definition) is 2. The molecule has 0 aliphatic carbocycles. The summed E-state index contributed by atoms with van der Waals surface area (Å²) in [6.45, 7) is 8.94. The zero-order valence-electron chi connectivity index (χ0n) is 13.8. The molecule has 0 bridgehead atoms. The van der Waals surface area contributed by atoms with E-state index in [2.05, 4.69) is 80.5 Å². The van der Waals surface area contributed by atoms with E-state index in [-0.39, 0.29) is 0 Å². The summed E-state index contributed by atoms with van der Waals surface area (Å²) in [6, 6.07) is 16.3. The number of fused-ring (bicyclic) bond motifs is 1. The van der Waals surface area contributed by atoms with Gasteiger partial charge in [-0.3, -0.25) is 0 Å². The summed E-state index contributed by atoms with van der Waals surface area (Å²) < 4.78 is 0. The lowest BCUT2D eigenvalue weighted by Crippen LogP contribution is -2.30. The van der Waals surface area contributed by atoms with Crippen molar-refractivity contribution in [1.82, 2.24) is 10.2 Å². The topological polar surface area (TPSA) is 15.3 Å². The van der Waals surface area contributed by atoms with Crippen molar-refractivity contribution in [2.24, 2.45) is 0 Å². The largest absolute Gasteiger partial charge is 0.310 e. The van der Waals surface area contributed by atoms with Gasteiger partial charge < -0.3 is 10.2 Å². The first-order valence-electron chi connectivity index (χ1n) is 8.00. The first-order valence-corrected chi connectivity index (χ1v) is 8.00. The van der Waals surface area contributed by atoms with Gasteiger partial charge in [0.1, 0.15) is 0 Å². The summed E-state index contributed by atoms with van der Waals surface area (Å²) >= 11 is 0. The molecule has 0 spiro atoms. The third kappa shape index (κ3) is 4.55. The fourth-order valence-corrected chi connectivity index (χ4v) is 2.50. The van der Waals surface area contributed by atoms with E-state index in [1.165, 1.54) is 22.8 Å². The molecule has 0 fully saturated rings. The van der Waals surface area contributed by atoms with Gasteiger partial charge >= 0.3 is 0 Å². The highest BCUT2D eigenvalue weighted by Gasteiger charge is 2.06. The standard InChI is InChI=1S/C19H28N2/c1-15(2)21(4)13-7-12-20-16(3)18-11-10-17-8-5-6-9-19(17)14-18/h5-6,8-11,14-16,20H,7,12-13H2,1-4H3. The minimum atomic E-state index is 0.402. The zero-order valence-corrected chi connectivity index (χ0v) is 13.8. The van der Waals surface area contributed by atoms with Crippen LogP contribution < -0.4 is 5.32 Å². The molecular weight excluding hydrogens is 256 g/mol. The zero-order chi connectivity index (χ0) is 15.2. The van der Waals surface area contributed by atoms with Crippen LogP contribution in [0.3, 0.4) is 0 Å². The molecule has 2 nitrogen and oxygen atoms in total. The van der Waals surface area contributed by atoms with Crippen molar-refractivity contribution in [3.63, 3.8) is 0 Å². The van der Waals surface area contributed by atoms with E-state index in [0.717, 1.165) is 13.1 Å². The minimum Gasteiger partial charge on any atom is -0.310 e. The van der Waals surface area contributed by atoms with Crippen LogP contribution in [-0.4, -0.2) is 31.1 Å². The highest BCUT2D eigenvalue weighted by Crippen LogP contribution is 2.20. The van der Waals surface area contributed by atoms with Gasteiger partial charge in [0.2, 0.25) is 0 Å². The lowest BCUT2D eigenvalue weighted by Gasteiger charge is -2.21. The molecular formula is C19H28N2. The summed E-state index contributed by atoms with van der Waals surface area (Å²) in [6.07, 6.45) is 1.19. The Bertz CT molecular complexity index is 562. The fraction of sp³-hybridized carbons (Fsp3) is 0.474. The second-order valence-electron chi connectivity index (χ2n) is 6.21. The van der Waals surface area contributed by atoms with Gasteiger partial charge in [0.15, 0.2) is 0 Å². The number of rotatable bonds is 7. The molecule has 0 saturated heterocycles. The Morgan fingerprint density at radius 1 is 1.00 bits per heavy atom. The number of hydrogen-bond donors (Lipinski definition) is 1. The van der Waals surface area contributed by atoms with Crippen LogP contribution in [0.1, 0.15) is 38.8 Å². The van der Waals surface area contributed by atoms with E-state index >= 15 is 0 Å². The molecule has 0 amide bonds. The molecule has 2 aromatic carbocycles. The maximum atomic E-state index is 3.63. The monoisotopic (exact) mass is 284 g/mol. The van der Waals surface area contributed by atoms with Crippen LogP contribution in [0.4, 0.5) is 0 Å². The third-order valence-electron chi connectivity index (χ3n) is 4.29. The maximum Gasteiger partial charge on any atom is 0.0292 e. The van der Waals surface area contributed by atoms with Gasteiger partial charge in [0.25, 0.3) is 0 Å². The molecule has 2 rings (SSSR count). The summed E-state index contributed by atoms with van der Waals surface area (Å²) in [5.74, 6) is 0. The minimum absolute atomic E-state index is 0.402. The Morgan fingerprint density at radius 2 is 1.71 bits per heavy atom. The molecule has 0 aliphatic rings. The Hall–Kier alpha value is -1.38. The van der Waals surface area contributed by atoms with E-state index in [1.54, 1.807) is 0 Å². The molecule has 0 radical (unpaired) electrons. The predicted molar refractivity (Wildman–Crippen MR) is 92.7 cm³/mol. The van der Waals surface area contributed by atoms with Gasteiger partial charge in [-0.05, 0) is 69.7 Å². The van der Waals surface area contributed by atoms with Crippen molar-refractivity contribution in [3.05, 3.63) is 48.0 Å². The summed E-state index contributed by atoms with van der Waals surface area (Å²) in [4.78, 5) is 2.39. The van der Waals surface area contributed by atoms with Gasteiger partial charge in [-0.1, -0.05) is 36.4 Å². The molecule has 114 valence electrons. The second kappa shape index (κ2) is 7.58. The van der Waals surface area contributed by atoms with E-state index < -0.39 is 0 Å². The molecule has 0 aliphatic heterocycles. The average molecular weight is 284 g/mol. The smallest absolute Gasteiger partial charge is 0.0292 e. The van der Waals surface area contributed by atoms with E-state index in [9.17, 15) is 0 Å². The average Bonchev–Trinajstić information content (AvgIpc) is 2.50. The lowest BCUT2D eigenvalue weighted by molar-refractivity contribution is 0.268. The summed E-state index contributed by atoms with van der Waals surface area (Å²) in [5, 5.41) is 6.27. The SMILES string of the molecule is CC(NCCCN(C)C(C)C)c1ccc2ccccc2c1. The molecule has 1 atom stereocenters. The summed E-state index contributed by atoms with van der Waals surface area (Å²) in [5.41, 5.74) is 1.37. The molecule has 1 N–H and O–H groups in total. The van der Waals surface area contributed by atoms with Crippen LogP contribution in [0.2, 0.25) is 0 Å². The normalized spacial score (nSPS) is 13.2. The van der Waals surface area contributed by atoms with Crippen molar-refractivity contribution < 1.29 is 0 Å². The predicted octanol–water partition coefficient (Wildman–Crippen LogP) is 4.22. The van der Waals surface area contributed by atoms with Crippen LogP contribution in [0, 0.1) is 0 Å². The van der Waals surface area contributed by atoms with Crippen molar-refractivity contribution in [3.8, 4) is 0 Å². The molecule has 0 saturated carbocycles.